The van der Waals surface area contributed by atoms with Crippen LogP contribution in [-0.2, 0) is 11.3 Å². The van der Waals surface area contributed by atoms with Gasteiger partial charge in [0.1, 0.15) is 5.54 Å². The van der Waals surface area contributed by atoms with E-state index in [1.807, 2.05) is 44.2 Å². The smallest absolute Gasteiger partial charge is 0.327 e. The zero-order valence-corrected chi connectivity index (χ0v) is 19.0. The largest absolute Gasteiger partial charge is 0.390 e. The van der Waals surface area contributed by atoms with Crippen molar-refractivity contribution in [3.8, 4) is 0 Å². The number of likely N-dealkylation sites (N-methyl/N-ethyl adjacent to an activating group) is 1. The molecule has 0 saturated carbocycles. The van der Waals surface area contributed by atoms with E-state index in [0.29, 0.717) is 25.8 Å². The summed E-state index contributed by atoms with van der Waals surface area (Å²) in [6.45, 7) is 7.55. The topological polar surface area (TPSA) is 64.1 Å². The summed E-state index contributed by atoms with van der Waals surface area (Å²) >= 11 is 0. The second-order valence-corrected chi connectivity index (χ2v) is 9.85. The molecule has 166 valence electrons. The molecule has 0 aliphatic carbocycles. The maximum absolute atomic E-state index is 13.5. The van der Waals surface area contributed by atoms with Gasteiger partial charge in [0, 0.05) is 26.2 Å². The van der Waals surface area contributed by atoms with Gasteiger partial charge in [-0.15, -0.1) is 0 Å². The van der Waals surface area contributed by atoms with Gasteiger partial charge in [0.25, 0.3) is 5.91 Å². The number of aliphatic hydroxyl groups is 1. The van der Waals surface area contributed by atoms with Crippen molar-refractivity contribution in [2.75, 3.05) is 20.1 Å². The number of carbonyl (C=O) groups excluding carboxylic acids is 2. The van der Waals surface area contributed by atoms with Crippen LogP contribution >= 0.6 is 0 Å². The van der Waals surface area contributed by atoms with Crippen LogP contribution in [0.25, 0.3) is 10.8 Å². The number of rotatable bonds is 5. The first kappa shape index (κ1) is 21.8. The van der Waals surface area contributed by atoms with Gasteiger partial charge >= 0.3 is 6.03 Å². The standard InChI is InChI=1S/C25H33N3O3/c1-18(16-24(2,3)31)27-13-11-25(12-14-27)22(29)28(23(30)26(25)4)17-19-9-10-20-7-5-6-8-21(20)15-19/h5-10,15,18,31H,11-14,16-17H2,1-4H3. The molecule has 1 spiro atoms. The fourth-order valence-corrected chi connectivity index (χ4v) is 5.24. The molecule has 3 amide bonds. The van der Waals surface area contributed by atoms with Crippen molar-refractivity contribution in [1.82, 2.24) is 14.7 Å². The predicted octanol–water partition coefficient (Wildman–Crippen LogP) is 3.62. The number of imide groups is 1. The summed E-state index contributed by atoms with van der Waals surface area (Å²) in [5, 5.41) is 12.4. The predicted molar refractivity (Wildman–Crippen MR) is 122 cm³/mol. The van der Waals surface area contributed by atoms with Crippen molar-refractivity contribution in [3.63, 3.8) is 0 Å². The Morgan fingerprint density at radius 2 is 1.71 bits per heavy atom. The summed E-state index contributed by atoms with van der Waals surface area (Å²) in [5.74, 6) is -0.0806. The average Bonchev–Trinajstić information content (AvgIpc) is 2.89. The average molecular weight is 424 g/mol. The lowest BCUT2D eigenvalue weighted by Crippen LogP contribution is -2.57. The molecule has 6 nitrogen and oxygen atoms in total. The number of hydrogen-bond acceptors (Lipinski definition) is 4. The highest BCUT2D eigenvalue weighted by atomic mass is 16.3. The van der Waals surface area contributed by atoms with E-state index in [4.69, 9.17) is 0 Å². The summed E-state index contributed by atoms with van der Waals surface area (Å²) in [5.41, 5.74) is -0.512. The van der Waals surface area contributed by atoms with Gasteiger partial charge in [0.15, 0.2) is 0 Å². The van der Waals surface area contributed by atoms with Crippen molar-refractivity contribution in [2.24, 2.45) is 0 Å². The number of piperidine rings is 1. The van der Waals surface area contributed by atoms with Crippen LogP contribution in [0.3, 0.4) is 0 Å². The van der Waals surface area contributed by atoms with Crippen LogP contribution in [0.1, 0.15) is 45.6 Å². The Hall–Kier alpha value is -2.44. The van der Waals surface area contributed by atoms with E-state index in [-0.39, 0.29) is 18.0 Å². The van der Waals surface area contributed by atoms with Gasteiger partial charge in [-0.1, -0.05) is 36.4 Å². The minimum Gasteiger partial charge on any atom is -0.390 e. The molecule has 0 radical (unpaired) electrons. The molecule has 2 fully saturated rings. The number of carbonyl (C=O) groups is 2. The summed E-state index contributed by atoms with van der Waals surface area (Å²) in [4.78, 5) is 31.9. The zero-order valence-electron chi connectivity index (χ0n) is 19.0. The highest BCUT2D eigenvalue weighted by molar-refractivity contribution is 6.07. The Balaban J connectivity index is 1.48. The molecule has 6 heteroatoms. The first-order chi connectivity index (χ1) is 14.6. The van der Waals surface area contributed by atoms with E-state index in [1.165, 1.54) is 4.90 Å². The van der Waals surface area contributed by atoms with Gasteiger partial charge in [0.05, 0.1) is 12.1 Å². The van der Waals surface area contributed by atoms with Crippen molar-refractivity contribution in [3.05, 3.63) is 48.0 Å². The fourth-order valence-electron chi connectivity index (χ4n) is 5.24. The third-order valence-corrected chi connectivity index (χ3v) is 7.00. The Morgan fingerprint density at radius 1 is 1.06 bits per heavy atom. The number of amides is 3. The van der Waals surface area contributed by atoms with Crippen LogP contribution in [-0.4, -0.2) is 69.1 Å². The van der Waals surface area contributed by atoms with Crippen LogP contribution in [0.2, 0.25) is 0 Å². The molecule has 1 atom stereocenters. The summed E-state index contributed by atoms with van der Waals surface area (Å²) in [6, 6.07) is 14.2. The van der Waals surface area contributed by atoms with E-state index in [2.05, 4.69) is 24.0 Å². The van der Waals surface area contributed by atoms with E-state index in [1.54, 1.807) is 11.9 Å². The summed E-state index contributed by atoms with van der Waals surface area (Å²) < 4.78 is 0. The van der Waals surface area contributed by atoms with E-state index >= 15 is 0 Å². The Labute approximate surface area is 184 Å². The molecule has 2 heterocycles. The van der Waals surface area contributed by atoms with Crippen molar-refractivity contribution < 1.29 is 14.7 Å². The molecule has 2 aromatic carbocycles. The normalized spacial score (nSPS) is 20.8. The van der Waals surface area contributed by atoms with Gasteiger partial charge < -0.3 is 14.9 Å². The maximum Gasteiger partial charge on any atom is 0.327 e. The number of urea groups is 1. The summed E-state index contributed by atoms with van der Waals surface area (Å²) in [7, 11) is 1.76. The summed E-state index contributed by atoms with van der Waals surface area (Å²) in [6.07, 6.45) is 1.92. The van der Waals surface area contributed by atoms with E-state index in [0.717, 1.165) is 29.4 Å². The van der Waals surface area contributed by atoms with Crippen LogP contribution in [0.5, 0.6) is 0 Å². The molecule has 2 aliphatic rings. The number of hydrogen-bond donors (Lipinski definition) is 1. The second-order valence-electron chi connectivity index (χ2n) is 9.85. The Morgan fingerprint density at radius 3 is 2.35 bits per heavy atom. The molecule has 1 N–H and O–H groups in total. The molecule has 31 heavy (non-hydrogen) atoms. The van der Waals surface area contributed by atoms with E-state index < -0.39 is 11.1 Å². The molecule has 0 bridgehead atoms. The van der Waals surface area contributed by atoms with Gasteiger partial charge in [-0.25, -0.2) is 4.79 Å². The Kier molecular flexibility index (Phi) is 5.56. The number of nitrogens with zero attached hydrogens (tertiary/aromatic N) is 3. The lowest BCUT2D eigenvalue weighted by molar-refractivity contribution is -0.136. The SMILES string of the molecule is CC(CC(C)(C)O)N1CCC2(CC1)C(=O)N(Cc1ccc3ccccc3c1)C(=O)N2C. The highest BCUT2D eigenvalue weighted by Crippen LogP contribution is 2.38. The van der Waals surface area contributed by atoms with Gasteiger partial charge in [-0.3, -0.25) is 9.69 Å². The third-order valence-electron chi connectivity index (χ3n) is 7.00. The first-order valence-electron chi connectivity index (χ1n) is 11.1. The molecule has 2 saturated heterocycles. The quantitative estimate of drug-likeness (QED) is 0.746. The number of likely N-dealkylation sites (tertiary alicyclic amines) is 1. The molecular formula is C25H33N3O3. The third kappa shape index (κ3) is 4.06. The van der Waals surface area contributed by atoms with Crippen LogP contribution < -0.4 is 0 Å². The first-order valence-corrected chi connectivity index (χ1v) is 11.1. The lowest BCUT2D eigenvalue weighted by Gasteiger charge is -2.43. The number of fused-ring (bicyclic) bond motifs is 1. The van der Waals surface area contributed by atoms with Crippen LogP contribution in [0, 0.1) is 0 Å². The highest BCUT2D eigenvalue weighted by Gasteiger charge is 2.56. The van der Waals surface area contributed by atoms with E-state index in [9.17, 15) is 14.7 Å². The minimum atomic E-state index is -0.751. The Bertz CT molecular complexity index is 989. The molecule has 4 rings (SSSR count). The molecular weight excluding hydrogens is 390 g/mol. The number of benzene rings is 2. The minimum absolute atomic E-state index is 0.0806. The van der Waals surface area contributed by atoms with Gasteiger partial charge in [0.2, 0.25) is 0 Å². The molecule has 1 unspecified atom stereocenters. The van der Waals surface area contributed by atoms with Gasteiger partial charge in [-0.05, 0) is 62.4 Å². The zero-order chi connectivity index (χ0) is 22.4. The van der Waals surface area contributed by atoms with Crippen molar-refractivity contribution >= 4 is 22.7 Å². The molecule has 0 aromatic heterocycles. The van der Waals surface area contributed by atoms with Crippen molar-refractivity contribution in [1.29, 1.82) is 0 Å². The molecule has 2 aliphatic heterocycles. The molecule has 2 aromatic rings. The fraction of sp³-hybridized carbons (Fsp3) is 0.520. The van der Waals surface area contributed by atoms with Gasteiger partial charge in [-0.2, -0.15) is 0 Å². The van der Waals surface area contributed by atoms with Crippen molar-refractivity contribution in [2.45, 2.75) is 63.8 Å². The van der Waals surface area contributed by atoms with Crippen LogP contribution in [0.15, 0.2) is 42.5 Å². The maximum atomic E-state index is 13.5. The lowest BCUT2D eigenvalue weighted by atomic mass is 9.85. The van der Waals surface area contributed by atoms with Crippen LogP contribution in [0.4, 0.5) is 4.79 Å². The monoisotopic (exact) mass is 423 g/mol. The second kappa shape index (κ2) is 7.92.